The fraction of sp³-hybridized carbons (Fsp3) is 0.368. The van der Waals surface area contributed by atoms with Gasteiger partial charge in [0.1, 0.15) is 5.75 Å². The molecule has 0 aliphatic carbocycles. The molecular formula is C19H25NO3. The predicted molar refractivity (Wildman–Crippen MR) is 92.3 cm³/mol. The minimum absolute atomic E-state index is 0.700. The van der Waals surface area contributed by atoms with Crippen molar-refractivity contribution in [3.8, 4) is 17.2 Å². The summed E-state index contributed by atoms with van der Waals surface area (Å²) in [5, 5.41) is 3.43. The molecule has 2 rings (SSSR count). The highest BCUT2D eigenvalue weighted by molar-refractivity contribution is 5.43. The summed E-state index contributed by atoms with van der Waals surface area (Å²) in [6, 6.07) is 14.1. The predicted octanol–water partition coefficient (Wildman–Crippen LogP) is 3.78. The van der Waals surface area contributed by atoms with Crippen molar-refractivity contribution in [2.75, 3.05) is 20.8 Å². The van der Waals surface area contributed by atoms with Gasteiger partial charge in [-0.05, 0) is 41.8 Å². The molecule has 0 aromatic heterocycles. The van der Waals surface area contributed by atoms with Crippen molar-refractivity contribution in [1.82, 2.24) is 5.32 Å². The van der Waals surface area contributed by atoms with Crippen LogP contribution in [0.15, 0.2) is 42.5 Å². The summed E-state index contributed by atoms with van der Waals surface area (Å²) in [5.74, 6) is 2.46. The maximum Gasteiger partial charge on any atom is 0.161 e. The van der Waals surface area contributed by atoms with Crippen molar-refractivity contribution >= 4 is 0 Å². The van der Waals surface area contributed by atoms with Crippen molar-refractivity contribution in [1.29, 1.82) is 0 Å². The molecule has 124 valence electrons. The molecule has 2 aromatic rings. The fourth-order valence-electron chi connectivity index (χ4n) is 2.25. The molecule has 0 spiro atoms. The van der Waals surface area contributed by atoms with Crippen molar-refractivity contribution < 1.29 is 14.2 Å². The van der Waals surface area contributed by atoms with Crippen molar-refractivity contribution in [2.45, 2.75) is 26.4 Å². The van der Waals surface area contributed by atoms with Gasteiger partial charge in [-0.1, -0.05) is 25.1 Å². The van der Waals surface area contributed by atoms with E-state index in [-0.39, 0.29) is 0 Å². The Bertz CT molecular complexity index is 596. The van der Waals surface area contributed by atoms with E-state index in [0.717, 1.165) is 36.8 Å². The third kappa shape index (κ3) is 5.18. The molecule has 0 aliphatic heterocycles. The van der Waals surface area contributed by atoms with Crippen LogP contribution in [-0.2, 0) is 13.1 Å². The first kappa shape index (κ1) is 17.2. The molecule has 0 saturated heterocycles. The van der Waals surface area contributed by atoms with Crippen LogP contribution >= 0.6 is 0 Å². The summed E-state index contributed by atoms with van der Waals surface area (Å²) in [6.45, 7) is 4.37. The summed E-state index contributed by atoms with van der Waals surface area (Å²) >= 11 is 0. The van der Waals surface area contributed by atoms with E-state index in [9.17, 15) is 0 Å². The Labute approximate surface area is 138 Å². The van der Waals surface area contributed by atoms with Crippen LogP contribution in [0.2, 0.25) is 0 Å². The molecule has 0 aliphatic rings. The van der Waals surface area contributed by atoms with Gasteiger partial charge < -0.3 is 19.5 Å². The third-order valence-corrected chi connectivity index (χ3v) is 3.51. The van der Waals surface area contributed by atoms with Gasteiger partial charge in [0.15, 0.2) is 11.5 Å². The van der Waals surface area contributed by atoms with Crippen molar-refractivity contribution in [3.63, 3.8) is 0 Å². The van der Waals surface area contributed by atoms with Crippen molar-refractivity contribution in [3.05, 3.63) is 53.6 Å². The first-order valence-electron chi connectivity index (χ1n) is 7.90. The Balaban J connectivity index is 1.89. The zero-order valence-corrected chi connectivity index (χ0v) is 14.1. The summed E-state index contributed by atoms with van der Waals surface area (Å²) < 4.78 is 16.2. The topological polar surface area (TPSA) is 39.7 Å². The van der Waals surface area contributed by atoms with Gasteiger partial charge in [0.25, 0.3) is 0 Å². The van der Waals surface area contributed by atoms with Crippen LogP contribution in [0, 0.1) is 0 Å². The average molecular weight is 315 g/mol. The van der Waals surface area contributed by atoms with Gasteiger partial charge in [0, 0.05) is 13.1 Å². The first-order chi connectivity index (χ1) is 11.3. The van der Waals surface area contributed by atoms with Gasteiger partial charge in [-0.3, -0.25) is 0 Å². The van der Waals surface area contributed by atoms with Gasteiger partial charge in [0.2, 0.25) is 0 Å². The Morgan fingerprint density at radius 1 is 0.826 bits per heavy atom. The second-order valence-corrected chi connectivity index (χ2v) is 5.29. The summed E-state index contributed by atoms with van der Waals surface area (Å²) in [4.78, 5) is 0. The first-order valence-corrected chi connectivity index (χ1v) is 7.90. The molecule has 0 radical (unpaired) electrons. The van der Waals surface area contributed by atoms with Crippen LogP contribution in [-0.4, -0.2) is 20.8 Å². The highest BCUT2D eigenvalue weighted by Crippen LogP contribution is 2.28. The normalized spacial score (nSPS) is 10.4. The fourth-order valence-corrected chi connectivity index (χ4v) is 2.25. The second-order valence-electron chi connectivity index (χ2n) is 5.29. The SMILES string of the molecule is CCCOc1ccc(CNCc2ccc(OC)cc2)cc1OC. The standard InChI is InChI=1S/C19H25NO3/c1-4-11-23-18-10-7-16(12-19(18)22-3)14-20-13-15-5-8-17(21-2)9-6-15/h5-10,12,20H,4,11,13-14H2,1-3H3. The largest absolute Gasteiger partial charge is 0.497 e. The molecule has 23 heavy (non-hydrogen) atoms. The van der Waals surface area contributed by atoms with Crippen LogP contribution in [0.4, 0.5) is 0 Å². The lowest BCUT2D eigenvalue weighted by Crippen LogP contribution is -2.12. The minimum atomic E-state index is 0.700. The van der Waals surface area contributed by atoms with Gasteiger partial charge in [0.05, 0.1) is 20.8 Å². The van der Waals surface area contributed by atoms with Crippen LogP contribution < -0.4 is 19.5 Å². The molecule has 4 heteroatoms. The van der Waals surface area contributed by atoms with E-state index in [2.05, 4.69) is 30.4 Å². The minimum Gasteiger partial charge on any atom is -0.497 e. The van der Waals surface area contributed by atoms with Gasteiger partial charge in [-0.2, -0.15) is 0 Å². The number of nitrogens with one attached hydrogen (secondary N) is 1. The summed E-state index contributed by atoms with van der Waals surface area (Å²) in [6.07, 6.45) is 0.980. The average Bonchev–Trinajstić information content (AvgIpc) is 2.61. The Kier molecular flexibility index (Phi) is 6.76. The molecule has 0 fully saturated rings. The highest BCUT2D eigenvalue weighted by Gasteiger charge is 2.05. The van der Waals surface area contributed by atoms with Gasteiger partial charge >= 0.3 is 0 Å². The van der Waals surface area contributed by atoms with E-state index in [0.29, 0.717) is 6.61 Å². The lowest BCUT2D eigenvalue weighted by Gasteiger charge is -2.12. The zero-order chi connectivity index (χ0) is 16.5. The van der Waals surface area contributed by atoms with Crippen LogP contribution in [0.5, 0.6) is 17.2 Å². The molecule has 2 aromatic carbocycles. The third-order valence-electron chi connectivity index (χ3n) is 3.51. The van der Waals surface area contributed by atoms with E-state index >= 15 is 0 Å². The van der Waals surface area contributed by atoms with Gasteiger partial charge in [-0.15, -0.1) is 0 Å². The summed E-state index contributed by atoms with van der Waals surface area (Å²) in [7, 11) is 3.34. The van der Waals surface area contributed by atoms with E-state index in [1.54, 1.807) is 14.2 Å². The maximum atomic E-state index is 5.67. The monoisotopic (exact) mass is 315 g/mol. The molecule has 0 amide bonds. The zero-order valence-electron chi connectivity index (χ0n) is 14.1. The number of hydrogen-bond donors (Lipinski definition) is 1. The number of ether oxygens (including phenoxy) is 3. The highest BCUT2D eigenvalue weighted by atomic mass is 16.5. The molecule has 4 nitrogen and oxygen atoms in total. The Morgan fingerprint density at radius 2 is 1.52 bits per heavy atom. The van der Waals surface area contributed by atoms with E-state index in [1.807, 2.05) is 24.3 Å². The lowest BCUT2D eigenvalue weighted by atomic mass is 10.2. The number of methoxy groups -OCH3 is 2. The lowest BCUT2D eigenvalue weighted by molar-refractivity contribution is 0.294. The molecular weight excluding hydrogens is 290 g/mol. The van der Waals surface area contributed by atoms with Crippen molar-refractivity contribution in [2.24, 2.45) is 0 Å². The van der Waals surface area contributed by atoms with E-state index in [4.69, 9.17) is 14.2 Å². The number of rotatable bonds is 9. The maximum absolute atomic E-state index is 5.67. The molecule has 0 saturated carbocycles. The molecule has 0 bridgehead atoms. The van der Waals surface area contributed by atoms with E-state index < -0.39 is 0 Å². The quantitative estimate of drug-likeness (QED) is 0.764. The van der Waals surface area contributed by atoms with Crippen LogP contribution in [0.25, 0.3) is 0 Å². The Hall–Kier alpha value is -2.20. The second kappa shape index (κ2) is 9.06. The summed E-state index contributed by atoms with van der Waals surface area (Å²) in [5.41, 5.74) is 2.39. The molecule has 0 heterocycles. The van der Waals surface area contributed by atoms with Crippen LogP contribution in [0.1, 0.15) is 24.5 Å². The molecule has 0 unspecified atom stereocenters. The van der Waals surface area contributed by atoms with Crippen LogP contribution in [0.3, 0.4) is 0 Å². The number of benzene rings is 2. The molecule has 1 N–H and O–H groups in total. The van der Waals surface area contributed by atoms with Gasteiger partial charge in [-0.25, -0.2) is 0 Å². The molecule has 0 atom stereocenters. The smallest absolute Gasteiger partial charge is 0.161 e. The van der Waals surface area contributed by atoms with E-state index in [1.165, 1.54) is 11.1 Å². The number of hydrogen-bond acceptors (Lipinski definition) is 4. The Morgan fingerprint density at radius 3 is 2.17 bits per heavy atom.